The number of H-pyrrole nitrogens is 1. The minimum Gasteiger partial charge on any atom is -0.347 e. The van der Waals surface area contributed by atoms with E-state index in [1.165, 1.54) is 19.0 Å². The molecule has 2 aromatic rings. The van der Waals surface area contributed by atoms with Gasteiger partial charge in [-0.15, -0.1) is 0 Å². The molecular formula is C24H29F6N3. The molecule has 2 aliphatic rings. The molecule has 1 aromatic heterocycles. The first-order valence-electron chi connectivity index (χ1n) is 11.7. The topological polar surface area (TPSA) is 40.7 Å². The van der Waals surface area contributed by atoms with Crippen molar-refractivity contribution in [2.24, 2.45) is 5.92 Å². The van der Waals surface area contributed by atoms with Crippen LogP contribution < -0.4 is 5.32 Å². The van der Waals surface area contributed by atoms with E-state index in [1.54, 1.807) is 0 Å². The number of imidazole rings is 1. The van der Waals surface area contributed by atoms with Crippen LogP contribution >= 0.6 is 0 Å². The van der Waals surface area contributed by atoms with Crippen molar-refractivity contribution in [2.75, 3.05) is 0 Å². The van der Waals surface area contributed by atoms with Gasteiger partial charge in [-0.05, 0) is 49.8 Å². The minimum atomic E-state index is -4.89. The van der Waals surface area contributed by atoms with Crippen molar-refractivity contribution in [1.29, 1.82) is 0 Å². The lowest BCUT2D eigenvalue weighted by Gasteiger charge is -2.34. The number of aromatic amines is 1. The van der Waals surface area contributed by atoms with Crippen molar-refractivity contribution in [1.82, 2.24) is 15.3 Å². The Morgan fingerprint density at radius 2 is 1.33 bits per heavy atom. The first-order chi connectivity index (χ1) is 15.6. The Hall–Kier alpha value is -2.03. The molecule has 182 valence electrons. The first-order valence-corrected chi connectivity index (χ1v) is 11.7. The van der Waals surface area contributed by atoms with Crippen LogP contribution in [0.1, 0.15) is 87.2 Å². The zero-order valence-electron chi connectivity index (χ0n) is 18.3. The van der Waals surface area contributed by atoms with E-state index in [1.807, 2.05) is 0 Å². The van der Waals surface area contributed by atoms with Gasteiger partial charge < -0.3 is 10.3 Å². The minimum absolute atomic E-state index is 0.0879. The van der Waals surface area contributed by atoms with Gasteiger partial charge in [-0.2, -0.15) is 26.3 Å². The molecule has 3 nitrogen and oxygen atoms in total. The van der Waals surface area contributed by atoms with Crippen molar-refractivity contribution < 1.29 is 26.3 Å². The van der Waals surface area contributed by atoms with Crippen molar-refractivity contribution in [3.8, 4) is 11.3 Å². The number of halogens is 6. The predicted octanol–water partition coefficient (Wildman–Crippen LogP) is 7.66. The highest BCUT2D eigenvalue weighted by atomic mass is 19.4. The molecule has 2 N–H and O–H groups in total. The second-order valence-corrected chi connectivity index (χ2v) is 9.34. The first kappa shape index (κ1) is 24.1. The largest absolute Gasteiger partial charge is 0.416 e. The number of benzene rings is 1. The fourth-order valence-electron chi connectivity index (χ4n) is 5.18. The highest BCUT2D eigenvalue weighted by molar-refractivity contribution is 5.61. The summed E-state index contributed by atoms with van der Waals surface area (Å²) in [4.78, 5) is 7.59. The Morgan fingerprint density at radius 1 is 0.788 bits per heavy atom. The average Bonchev–Trinajstić information content (AvgIpc) is 3.27. The third kappa shape index (κ3) is 5.91. The van der Waals surface area contributed by atoms with E-state index in [-0.39, 0.29) is 23.4 Å². The quantitative estimate of drug-likeness (QED) is 0.438. The Balaban J connectivity index is 1.66. The number of hydrogen-bond donors (Lipinski definition) is 2. The molecule has 2 aliphatic carbocycles. The molecule has 33 heavy (non-hydrogen) atoms. The maximum atomic E-state index is 13.3. The second kappa shape index (κ2) is 9.68. The molecule has 1 atom stereocenters. The molecule has 0 aliphatic heterocycles. The summed E-state index contributed by atoms with van der Waals surface area (Å²) in [7, 11) is 0. The van der Waals surface area contributed by atoms with Gasteiger partial charge in [0, 0.05) is 17.8 Å². The SMILES string of the molecule is FC(F)(F)c1cc(-c2c[nH]c(C(NC3CCCCC3)C3CCCCC3)n2)cc(C(F)(F)F)c1. The van der Waals surface area contributed by atoms with Crippen LogP contribution in [0, 0.1) is 5.92 Å². The lowest BCUT2D eigenvalue weighted by Crippen LogP contribution is -2.39. The highest BCUT2D eigenvalue weighted by Gasteiger charge is 2.37. The molecule has 2 saturated carbocycles. The predicted molar refractivity (Wildman–Crippen MR) is 113 cm³/mol. The summed E-state index contributed by atoms with van der Waals surface area (Å²) in [5.41, 5.74) is -2.77. The molecular weight excluding hydrogens is 444 g/mol. The summed E-state index contributed by atoms with van der Waals surface area (Å²) in [6, 6.07) is 1.88. The van der Waals surface area contributed by atoms with E-state index in [0.29, 0.717) is 17.8 Å². The van der Waals surface area contributed by atoms with Crippen LogP contribution in [0.3, 0.4) is 0 Å². The number of nitrogens with one attached hydrogen (secondary N) is 2. The van der Waals surface area contributed by atoms with E-state index < -0.39 is 23.5 Å². The van der Waals surface area contributed by atoms with Gasteiger partial charge in [0.25, 0.3) is 0 Å². The molecule has 0 saturated heterocycles. The normalized spacial score (nSPS) is 20.2. The van der Waals surface area contributed by atoms with Crippen molar-refractivity contribution in [3.05, 3.63) is 41.3 Å². The number of aromatic nitrogens is 2. The maximum absolute atomic E-state index is 13.3. The van der Waals surface area contributed by atoms with E-state index >= 15 is 0 Å². The molecule has 1 heterocycles. The van der Waals surface area contributed by atoms with Crippen LogP contribution in [-0.4, -0.2) is 16.0 Å². The van der Waals surface area contributed by atoms with Gasteiger partial charge in [0.15, 0.2) is 0 Å². The van der Waals surface area contributed by atoms with E-state index in [0.717, 1.165) is 63.5 Å². The molecule has 0 bridgehead atoms. The van der Waals surface area contributed by atoms with E-state index in [9.17, 15) is 26.3 Å². The Labute approximate surface area is 189 Å². The molecule has 1 aromatic carbocycles. The van der Waals surface area contributed by atoms with Crippen LogP contribution in [0.5, 0.6) is 0 Å². The van der Waals surface area contributed by atoms with Crippen LogP contribution in [0.2, 0.25) is 0 Å². The molecule has 0 spiro atoms. The van der Waals surface area contributed by atoms with Gasteiger partial charge in [-0.3, -0.25) is 0 Å². The van der Waals surface area contributed by atoms with E-state index in [4.69, 9.17) is 0 Å². The summed E-state index contributed by atoms with van der Waals surface area (Å²) < 4.78 is 79.7. The molecule has 9 heteroatoms. The maximum Gasteiger partial charge on any atom is 0.416 e. The molecule has 1 unspecified atom stereocenters. The average molecular weight is 474 g/mol. The van der Waals surface area contributed by atoms with Crippen LogP contribution in [0.25, 0.3) is 11.3 Å². The second-order valence-electron chi connectivity index (χ2n) is 9.34. The number of alkyl halides is 6. The summed E-state index contributed by atoms with van der Waals surface area (Å²) >= 11 is 0. The van der Waals surface area contributed by atoms with E-state index in [2.05, 4.69) is 15.3 Å². The summed E-state index contributed by atoms with van der Waals surface area (Å²) in [5, 5.41) is 3.72. The summed E-state index contributed by atoms with van der Waals surface area (Å²) in [6.07, 6.45) is 2.78. The number of rotatable bonds is 5. The fourth-order valence-corrected chi connectivity index (χ4v) is 5.18. The number of hydrogen-bond acceptors (Lipinski definition) is 2. The Morgan fingerprint density at radius 3 is 1.88 bits per heavy atom. The molecule has 2 fully saturated rings. The zero-order chi connectivity index (χ0) is 23.6. The van der Waals surface area contributed by atoms with Gasteiger partial charge >= 0.3 is 12.4 Å². The Kier molecular flexibility index (Phi) is 7.07. The summed E-state index contributed by atoms with van der Waals surface area (Å²) in [5.74, 6) is 0.931. The van der Waals surface area contributed by atoms with Crippen molar-refractivity contribution in [2.45, 2.75) is 88.6 Å². The lowest BCUT2D eigenvalue weighted by molar-refractivity contribution is -0.143. The van der Waals surface area contributed by atoms with Crippen LogP contribution in [0.15, 0.2) is 24.4 Å². The molecule has 0 amide bonds. The van der Waals surface area contributed by atoms with Gasteiger partial charge in [-0.1, -0.05) is 38.5 Å². The third-order valence-corrected chi connectivity index (χ3v) is 6.92. The van der Waals surface area contributed by atoms with Crippen molar-refractivity contribution >= 4 is 0 Å². The summed E-state index contributed by atoms with van der Waals surface area (Å²) in [6.45, 7) is 0. The molecule has 4 rings (SSSR count). The van der Waals surface area contributed by atoms with Gasteiger partial charge in [-0.25, -0.2) is 4.98 Å². The fraction of sp³-hybridized carbons (Fsp3) is 0.625. The zero-order valence-corrected chi connectivity index (χ0v) is 18.3. The standard InChI is InChI=1S/C24H29F6N3/c25-23(26,27)17-11-16(12-18(13-17)24(28,29)30)20-14-31-22(33-20)21(15-7-3-1-4-8-15)32-19-9-5-2-6-10-19/h11-15,19,21,32H,1-10H2,(H,31,33). The molecule has 0 radical (unpaired) electrons. The third-order valence-electron chi connectivity index (χ3n) is 6.92. The smallest absolute Gasteiger partial charge is 0.347 e. The highest BCUT2D eigenvalue weighted by Crippen LogP contribution is 2.39. The van der Waals surface area contributed by atoms with Crippen molar-refractivity contribution in [3.63, 3.8) is 0 Å². The van der Waals surface area contributed by atoms with Gasteiger partial charge in [0.2, 0.25) is 0 Å². The van der Waals surface area contributed by atoms with Gasteiger partial charge in [0.1, 0.15) is 5.82 Å². The monoisotopic (exact) mass is 473 g/mol. The van der Waals surface area contributed by atoms with Gasteiger partial charge in [0.05, 0.1) is 22.9 Å². The van der Waals surface area contributed by atoms with Crippen LogP contribution in [-0.2, 0) is 12.4 Å². The lowest BCUT2D eigenvalue weighted by atomic mass is 9.82. The Bertz CT molecular complexity index is 889. The van der Waals surface area contributed by atoms with Crippen LogP contribution in [0.4, 0.5) is 26.3 Å². The number of nitrogens with zero attached hydrogens (tertiary/aromatic N) is 1.